The second-order valence-electron chi connectivity index (χ2n) is 4.50. The van der Waals surface area contributed by atoms with Crippen molar-refractivity contribution in [2.75, 3.05) is 18.4 Å². The van der Waals surface area contributed by atoms with Crippen LogP contribution >= 0.6 is 0 Å². The number of carboxylic acid groups (broad SMARTS) is 1. The van der Waals surface area contributed by atoms with Crippen molar-refractivity contribution < 1.29 is 24.6 Å². The Labute approximate surface area is 114 Å². The maximum absolute atomic E-state index is 11.8. The molecule has 3 N–H and O–H groups in total. The second-order valence-corrected chi connectivity index (χ2v) is 4.50. The number of aromatic carboxylic acids is 1. The van der Waals surface area contributed by atoms with Gasteiger partial charge < -0.3 is 20.4 Å². The van der Waals surface area contributed by atoms with Gasteiger partial charge in [-0.2, -0.15) is 0 Å². The van der Waals surface area contributed by atoms with Crippen LogP contribution in [0.4, 0.5) is 5.69 Å². The average molecular weight is 278 g/mol. The van der Waals surface area contributed by atoms with E-state index in [9.17, 15) is 19.5 Å². The lowest BCUT2D eigenvalue weighted by molar-refractivity contribution is -0.131. The van der Waals surface area contributed by atoms with Crippen LogP contribution in [0.3, 0.4) is 0 Å². The van der Waals surface area contributed by atoms with E-state index in [2.05, 4.69) is 5.32 Å². The number of hydrogen-bond acceptors (Lipinski definition) is 4. The number of nitrogens with zero attached hydrogens (tertiary/aromatic N) is 1. The van der Waals surface area contributed by atoms with E-state index in [0.29, 0.717) is 13.0 Å². The summed E-state index contributed by atoms with van der Waals surface area (Å²) in [6.45, 7) is 0.481. The molecule has 20 heavy (non-hydrogen) atoms. The van der Waals surface area contributed by atoms with Gasteiger partial charge >= 0.3 is 5.97 Å². The van der Waals surface area contributed by atoms with E-state index in [1.165, 1.54) is 17.0 Å². The molecular weight excluding hydrogens is 264 g/mol. The number of likely N-dealkylation sites (tertiary alicyclic amines) is 1. The minimum absolute atomic E-state index is 0.0643. The molecule has 1 aliphatic rings. The fourth-order valence-electron chi connectivity index (χ4n) is 2.00. The Morgan fingerprint density at radius 1 is 1.35 bits per heavy atom. The van der Waals surface area contributed by atoms with Gasteiger partial charge in [-0.05, 0) is 24.6 Å². The van der Waals surface area contributed by atoms with Crippen LogP contribution in [0.5, 0.6) is 5.75 Å². The predicted molar refractivity (Wildman–Crippen MR) is 69.5 cm³/mol. The van der Waals surface area contributed by atoms with Crippen molar-refractivity contribution in [2.45, 2.75) is 12.8 Å². The van der Waals surface area contributed by atoms with Gasteiger partial charge in [0.15, 0.2) is 0 Å². The lowest BCUT2D eigenvalue weighted by atomic mass is 10.2. The number of carboxylic acids is 1. The first kappa shape index (κ1) is 13.9. The smallest absolute Gasteiger partial charge is 0.335 e. The summed E-state index contributed by atoms with van der Waals surface area (Å²) in [6.07, 6.45) is 1.19. The Balaban J connectivity index is 2.00. The van der Waals surface area contributed by atoms with E-state index in [4.69, 9.17) is 5.11 Å². The quantitative estimate of drug-likeness (QED) is 0.701. The van der Waals surface area contributed by atoms with Crippen LogP contribution in [0.2, 0.25) is 0 Å². The summed E-state index contributed by atoms with van der Waals surface area (Å²) in [5.41, 5.74) is 0.0434. The van der Waals surface area contributed by atoms with Crippen molar-refractivity contribution in [1.29, 1.82) is 0 Å². The predicted octanol–water partition coefficient (Wildman–Crippen LogP) is 0.651. The zero-order valence-electron chi connectivity index (χ0n) is 10.6. The molecule has 106 valence electrons. The lowest BCUT2D eigenvalue weighted by Gasteiger charge is -2.15. The maximum atomic E-state index is 11.8. The Morgan fingerprint density at radius 3 is 2.65 bits per heavy atom. The number of aromatic hydroxyl groups is 1. The molecule has 2 rings (SSSR count). The molecule has 0 aliphatic carbocycles. The largest absolute Gasteiger partial charge is 0.506 e. The van der Waals surface area contributed by atoms with Crippen LogP contribution in [0, 0.1) is 0 Å². The van der Waals surface area contributed by atoms with Gasteiger partial charge in [0, 0.05) is 13.0 Å². The molecule has 1 fully saturated rings. The van der Waals surface area contributed by atoms with Crippen molar-refractivity contribution in [2.24, 2.45) is 0 Å². The highest BCUT2D eigenvalue weighted by molar-refractivity contribution is 5.97. The number of carbonyl (C=O) groups is 3. The highest BCUT2D eigenvalue weighted by Gasteiger charge is 2.22. The van der Waals surface area contributed by atoms with Crippen LogP contribution in [-0.4, -0.2) is 46.0 Å². The van der Waals surface area contributed by atoms with Crippen LogP contribution in [0.25, 0.3) is 0 Å². The van der Waals surface area contributed by atoms with Gasteiger partial charge in [0.25, 0.3) is 0 Å². The molecule has 1 saturated heterocycles. The molecule has 2 amide bonds. The molecule has 7 nitrogen and oxygen atoms in total. The number of hydrogen-bond donors (Lipinski definition) is 3. The molecule has 0 radical (unpaired) electrons. The van der Waals surface area contributed by atoms with Gasteiger partial charge in [0.05, 0.1) is 17.8 Å². The maximum Gasteiger partial charge on any atom is 0.335 e. The molecule has 1 aromatic rings. The monoisotopic (exact) mass is 278 g/mol. The van der Waals surface area contributed by atoms with E-state index in [-0.39, 0.29) is 29.5 Å². The highest BCUT2D eigenvalue weighted by atomic mass is 16.4. The number of benzene rings is 1. The van der Waals surface area contributed by atoms with E-state index in [1.807, 2.05) is 0 Å². The van der Waals surface area contributed by atoms with Gasteiger partial charge in [-0.3, -0.25) is 9.59 Å². The van der Waals surface area contributed by atoms with Crippen molar-refractivity contribution >= 4 is 23.5 Å². The Bertz CT molecular complexity index is 570. The molecule has 1 aromatic carbocycles. The zero-order chi connectivity index (χ0) is 14.7. The van der Waals surface area contributed by atoms with Gasteiger partial charge in [-0.25, -0.2) is 4.79 Å². The number of nitrogens with one attached hydrogen (secondary N) is 1. The molecule has 1 aliphatic heterocycles. The lowest BCUT2D eigenvalue weighted by Crippen LogP contribution is -2.33. The molecule has 0 spiro atoms. The van der Waals surface area contributed by atoms with E-state index in [0.717, 1.165) is 12.5 Å². The summed E-state index contributed by atoms with van der Waals surface area (Å²) in [6, 6.07) is 3.64. The Kier molecular flexibility index (Phi) is 3.88. The third-order valence-electron chi connectivity index (χ3n) is 3.02. The first-order chi connectivity index (χ1) is 9.47. The number of carbonyl (C=O) groups excluding carboxylic acids is 2. The van der Waals surface area contributed by atoms with Gasteiger partial charge in [0.2, 0.25) is 11.8 Å². The summed E-state index contributed by atoms with van der Waals surface area (Å²) < 4.78 is 0. The van der Waals surface area contributed by atoms with Crippen molar-refractivity contribution in [3.63, 3.8) is 0 Å². The zero-order valence-corrected chi connectivity index (χ0v) is 10.6. The molecule has 1 heterocycles. The molecule has 0 unspecified atom stereocenters. The summed E-state index contributed by atoms with van der Waals surface area (Å²) in [5.74, 6) is -1.99. The van der Waals surface area contributed by atoms with Crippen LogP contribution in [0.15, 0.2) is 18.2 Å². The normalized spacial score (nSPS) is 14.4. The fourth-order valence-corrected chi connectivity index (χ4v) is 2.00. The summed E-state index contributed by atoms with van der Waals surface area (Å²) >= 11 is 0. The van der Waals surface area contributed by atoms with E-state index >= 15 is 0 Å². The minimum atomic E-state index is -1.17. The molecule has 0 saturated carbocycles. The van der Waals surface area contributed by atoms with Crippen molar-refractivity contribution in [1.82, 2.24) is 4.90 Å². The third-order valence-corrected chi connectivity index (χ3v) is 3.02. The first-order valence-electron chi connectivity index (χ1n) is 6.11. The van der Waals surface area contributed by atoms with Crippen LogP contribution in [-0.2, 0) is 9.59 Å². The number of anilines is 1. The van der Waals surface area contributed by atoms with E-state index in [1.54, 1.807) is 0 Å². The second kappa shape index (κ2) is 5.60. The van der Waals surface area contributed by atoms with E-state index < -0.39 is 11.9 Å². The number of phenols is 1. The molecule has 0 aromatic heterocycles. The average Bonchev–Trinajstić information content (AvgIpc) is 2.77. The Morgan fingerprint density at radius 2 is 2.10 bits per heavy atom. The highest BCUT2D eigenvalue weighted by Crippen LogP contribution is 2.24. The standard InChI is InChI=1S/C13H14N2O5/c16-10-6-8(13(19)20)3-4-9(10)14-11(17)7-15-5-1-2-12(15)18/h3-4,6,16H,1-2,5,7H2,(H,14,17)(H,19,20). The minimum Gasteiger partial charge on any atom is -0.506 e. The topological polar surface area (TPSA) is 107 Å². The molecule has 0 atom stereocenters. The van der Waals surface area contributed by atoms with Gasteiger partial charge in [0.1, 0.15) is 5.75 Å². The fraction of sp³-hybridized carbons (Fsp3) is 0.308. The molecule has 7 heteroatoms. The van der Waals surface area contributed by atoms with Crippen LogP contribution in [0.1, 0.15) is 23.2 Å². The summed E-state index contributed by atoms with van der Waals surface area (Å²) in [5, 5.41) is 20.8. The number of amides is 2. The molecule has 0 bridgehead atoms. The number of rotatable bonds is 4. The van der Waals surface area contributed by atoms with Crippen molar-refractivity contribution in [3.05, 3.63) is 23.8 Å². The van der Waals surface area contributed by atoms with Gasteiger partial charge in [-0.15, -0.1) is 0 Å². The Hall–Kier alpha value is -2.57. The van der Waals surface area contributed by atoms with Crippen molar-refractivity contribution in [3.8, 4) is 5.75 Å². The van der Waals surface area contributed by atoms with Gasteiger partial charge in [-0.1, -0.05) is 0 Å². The summed E-state index contributed by atoms with van der Waals surface area (Å²) in [4.78, 5) is 35.3. The number of phenolic OH excluding ortho intramolecular Hbond substituents is 1. The molecular formula is C13H14N2O5. The first-order valence-corrected chi connectivity index (χ1v) is 6.11. The van der Waals surface area contributed by atoms with Crippen LogP contribution < -0.4 is 5.32 Å². The third kappa shape index (κ3) is 3.05. The SMILES string of the molecule is O=C(CN1CCCC1=O)Nc1ccc(C(=O)O)cc1O. The summed E-state index contributed by atoms with van der Waals surface area (Å²) in [7, 11) is 0.